The summed E-state index contributed by atoms with van der Waals surface area (Å²) >= 11 is 0. The molecule has 1 aromatic heterocycles. The van der Waals surface area contributed by atoms with Gasteiger partial charge in [0.2, 0.25) is 0 Å². The van der Waals surface area contributed by atoms with Crippen molar-refractivity contribution in [2.75, 3.05) is 39.8 Å². The summed E-state index contributed by atoms with van der Waals surface area (Å²) in [5.41, 5.74) is 0. The number of carbonyl (C=O) groups excluding carboxylic acids is 1. The van der Waals surface area contributed by atoms with E-state index in [4.69, 9.17) is 4.74 Å². The molecular formula is C16H25F2IN6O2. The molecule has 11 heteroatoms. The van der Waals surface area contributed by atoms with E-state index in [1.165, 1.54) is 12.4 Å². The highest BCUT2D eigenvalue weighted by atomic mass is 127. The van der Waals surface area contributed by atoms with Crippen LogP contribution in [0.4, 0.5) is 8.78 Å². The molecule has 0 saturated carbocycles. The predicted molar refractivity (Wildman–Crippen MR) is 106 cm³/mol. The van der Waals surface area contributed by atoms with Crippen LogP contribution >= 0.6 is 24.0 Å². The van der Waals surface area contributed by atoms with Gasteiger partial charge in [0.1, 0.15) is 11.9 Å². The standard InChI is InChI=1S/C16H24F2N6O2.HI/c1-19-16(21-11-13-20-4-5-24(13)15(17)18)23-8-6-22(7-9-23)14(25)12-3-2-10-26-12;/h4-5,12,15H,2-3,6-11H2,1H3,(H,19,21);1H. The fraction of sp³-hybridized carbons (Fsp3) is 0.688. The Morgan fingerprint density at radius 2 is 2.07 bits per heavy atom. The third-order valence-electron chi connectivity index (χ3n) is 4.67. The molecule has 1 unspecified atom stereocenters. The molecule has 152 valence electrons. The monoisotopic (exact) mass is 498 g/mol. The van der Waals surface area contributed by atoms with Crippen LogP contribution in [0.1, 0.15) is 25.2 Å². The molecule has 2 fully saturated rings. The van der Waals surface area contributed by atoms with Crippen molar-refractivity contribution < 1.29 is 18.3 Å². The molecule has 1 N–H and O–H groups in total. The second-order valence-electron chi connectivity index (χ2n) is 6.24. The maximum atomic E-state index is 12.9. The van der Waals surface area contributed by atoms with Crippen LogP contribution in [0.15, 0.2) is 17.4 Å². The maximum Gasteiger partial charge on any atom is 0.319 e. The number of aliphatic imine (C=N–C) groups is 1. The zero-order chi connectivity index (χ0) is 18.5. The van der Waals surface area contributed by atoms with Crippen LogP contribution in [0, 0.1) is 0 Å². The summed E-state index contributed by atoms with van der Waals surface area (Å²) in [7, 11) is 1.64. The van der Waals surface area contributed by atoms with E-state index in [0.29, 0.717) is 38.7 Å². The third kappa shape index (κ3) is 5.27. The van der Waals surface area contributed by atoms with E-state index in [0.717, 1.165) is 17.4 Å². The quantitative estimate of drug-likeness (QED) is 0.385. The maximum absolute atomic E-state index is 12.9. The highest BCUT2D eigenvalue weighted by molar-refractivity contribution is 14.0. The second kappa shape index (κ2) is 10.2. The number of nitrogens with zero attached hydrogens (tertiary/aromatic N) is 5. The van der Waals surface area contributed by atoms with Crippen molar-refractivity contribution in [1.82, 2.24) is 24.7 Å². The molecular weight excluding hydrogens is 473 g/mol. The van der Waals surface area contributed by atoms with Gasteiger partial charge in [-0.1, -0.05) is 0 Å². The first kappa shape index (κ1) is 21.8. The largest absolute Gasteiger partial charge is 0.368 e. The van der Waals surface area contributed by atoms with Gasteiger partial charge in [0.25, 0.3) is 5.91 Å². The number of amides is 1. The van der Waals surface area contributed by atoms with Gasteiger partial charge in [-0.25, -0.2) is 4.98 Å². The van der Waals surface area contributed by atoms with E-state index in [1.807, 2.05) is 9.80 Å². The number of hydrogen-bond acceptors (Lipinski definition) is 4. The Bertz CT molecular complexity index is 643. The molecule has 27 heavy (non-hydrogen) atoms. The van der Waals surface area contributed by atoms with Crippen molar-refractivity contribution in [3.63, 3.8) is 0 Å². The van der Waals surface area contributed by atoms with Crippen molar-refractivity contribution in [2.24, 2.45) is 4.99 Å². The molecule has 0 aliphatic carbocycles. The zero-order valence-electron chi connectivity index (χ0n) is 15.2. The van der Waals surface area contributed by atoms with Gasteiger partial charge in [0.05, 0.1) is 6.54 Å². The Morgan fingerprint density at radius 3 is 2.67 bits per heavy atom. The van der Waals surface area contributed by atoms with Crippen LogP contribution in [0.5, 0.6) is 0 Å². The molecule has 3 heterocycles. The van der Waals surface area contributed by atoms with Gasteiger partial charge in [-0.3, -0.25) is 14.4 Å². The van der Waals surface area contributed by atoms with E-state index < -0.39 is 6.55 Å². The first-order valence-electron chi connectivity index (χ1n) is 8.76. The van der Waals surface area contributed by atoms with E-state index in [1.54, 1.807) is 7.05 Å². The SMILES string of the molecule is CN=C(NCc1nccn1C(F)F)N1CCN(C(=O)C2CCCO2)CC1.I. The topological polar surface area (TPSA) is 75.0 Å². The molecule has 1 atom stereocenters. The van der Waals surface area contributed by atoms with Gasteiger partial charge in [-0.2, -0.15) is 8.78 Å². The van der Waals surface area contributed by atoms with Crippen LogP contribution < -0.4 is 5.32 Å². The van der Waals surface area contributed by atoms with Gasteiger partial charge in [-0.05, 0) is 12.8 Å². The van der Waals surface area contributed by atoms with Crippen LogP contribution in [0.25, 0.3) is 0 Å². The minimum Gasteiger partial charge on any atom is -0.368 e. The molecule has 0 aromatic carbocycles. The molecule has 2 aliphatic heterocycles. The third-order valence-corrected chi connectivity index (χ3v) is 4.67. The highest BCUT2D eigenvalue weighted by Crippen LogP contribution is 2.16. The minimum atomic E-state index is -2.62. The summed E-state index contributed by atoms with van der Waals surface area (Å²) in [6, 6.07) is 0. The van der Waals surface area contributed by atoms with Crippen LogP contribution in [-0.4, -0.2) is 77.2 Å². The van der Waals surface area contributed by atoms with Gasteiger partial charge in [0, 0.05) is 52.2 Å². The number of alkyl halides is 2. The normalized spacial score (nSPS) is 20.7. The number of nitrogens with one attached hydrogen (secondary N) is 1. The summed E-state index contributed by atoms with van der Waals surface area (Å²) < 4.78 is 32.0. The second-order valence-corrected chi connectivity index (χ2v) is 6.24. The molecule has 0 radical (unpaired) electrons. The number of halogens is 3. The van der Waals surface area contributed by atoms with Gasteiger partial charge >= 0.3 is 6.55 Å². The fourth-order valence-electron chi connectivity index (χ4n) is 3.26. The van der Waals surface area contributed by atoms with Gasteiger partial charge in [0.15, 0.2) is 5.96 Å². The number of piperazine rings is 1. The Hall–Kier alpha value is -1.50. The van der Waals surface area contributed by atoms with Crippen LogP contribution in [0.3, 0.4) is 0 Å². The molecule has 1 amide bonds. The van der Waals surface area contributed by atoms with Crippen LogP contribution in [0.2, 0.25) is 0 Å². The predicted octanol–water partition coefficient (Wildman–Crippen LogP) is 1.29. The first-order valence-corrected chi connectivity index (χ1v) is 8.76. The summed E-state index contributed by atoms with van der Waals surface area (Å²) in [5, 5.41) is 3.07. The molecule has 3 rings (SSSR count). The summed E-state index contributed by atoms with van der Waals surface area (Å²) in [5.74, 6) is 0.912. The van der Waals surface area contributed by atoms with Crippen LogP contribution in [-0.2, 0) is 16.1 Å². The number of guanidine groups is 1. The van der Waals surface area contributed by atoms with Crippen molar-refractivity contribution in [3.8, 4) is 0 Å². The first-order chi connectivity index (χ1) is 12.6. The number of rotatable bonds is 4. The number of carbonyl (C=O) groups is 1. The average Bonchev–Trinajstić information content (AvgIpc) is 3.34. The van der Waals surface area contributed by atoms with Crippen molar-refractivity contribution in [3.05, 3.63) is 18.2 Å². The van der Waals surface area contributed by atoms with Crippen molar-refractivity contribution in [1.29, 1.82) is 0 Å². The number of ether oxygens (including phenoxy) is 1. The Balaban J connectivity index is 0.00000261. The lowest BCUT2D eigenvalue weighted by atomic mass is 10.2. The van der Waals surface area contributed by atoms with E-state index in [-0.39, 0.29) is 48.4 Å². The lowest BCUT2D eigenvalue weighted by molar-refractivity contribution is -0.142. The fourth-order valence-corrected chi connectivity index (χ4v) is 3.26. The number of imidazole rings is 1. The molecule has 2 saturated heterocycles. The van der Waals surface area contributed by atoms with E-state index >= 15 is 0 Å². The molecule has 0 spiro atoms. The molecule has 0 bridgehead atoms. The van der Waals surface area contributed by atoms with E-state index in [2.05, 4.69) is 15.3 Å². The van der Waals surface area contributed by atoms with Gasteiger partial charge in [-0.15, -0.1) is 24.0 Å². The number of hydrogen-bond donors (Lipinski definition) is 1. The summed E-state index contributed by atoms with van der Waals surface area (Å²) in [6.45, 7) is 0.614. The zero-order valence-corrected chi connectivity index (χ0v) is 17.5. The Morgan fingerprint density at radius 1 is 1.37 bits per heavy atom. The summed E-state index contributed by atoms with van der Waals surface area (Å²) in [6.07, 6.45) is 4.02. The molecule has 2 aliphatic rings. The number of aromatic nitrogens is 2. The highest BCUT2D eigenvalue weighted by Gasteiger charge is 2.30. The Kier molecular flexibility index (Phi) is 8.20. The van der Waals surface area contributed by atoms with Crippen molar-refractivity contribution >= 4 is 35.8 Å². The van der Waals surface area contributed by atoms with Gasteiger partial charge < -0.3 is 19.9 Å². The lowest BCUT2D eigenvalue weighted by Gasteiger charge is -2.37. The lowest BCUT2D eigenvalue weighted by Crippen LogP contribution is -2.55. The minimum absolute atomic E-state index is 0. The molecule has 8 nitrogen and oxygen atoms in total. The average molecular weight is 498 g/mol. The Labute approximate surface area is 174 Å². The molecule has 1 aromatic rings. The smallest absolute Gasteiger partial charge is 0.319 e. The summed E-state index contributed by atoms with van der Waals surface area (Å²) in [4.78, 5) is 24.4. The van der Waals surface area contributed by atoms with E-state index in [9.17, 15) is 13.6 Å². The van der Waals surface area contributed by atoms with Crippen molar-refractivity contribution in [2.45, 2.75) is 32.0 Å².